The normalized spacial score (nSPS) is 16.1. The Balaban J connectivity index is 3.02. The maximum absolute atomic E-state index is 12.7. The van der Waals surface area contributed by atoms with Gasteiger partial charge in [0.15, 0.2) is 0 Å². The van der Waals surface area contributed by atoms with Crippen LogP contribution in [0.2, 0.25) is 0 Å². The summed E-state index contributed by atoms with van der Waals surface area (Å²) >= 11 is 0. The minimum absolute atomic E-state index is 0.113. The number of carbonyl (C=O) groups excluding carboxylic acids is 1. The average Bonchev–Trinajstić information content (AvgIpc) is 2.46. The number of rotatable bonds is 6. The summed E-state index contributed by atoms with van der Waals surface area (Å²) in [6.45, 7) is 9.32. The summed E-state index contributed by atoms with van der Waals surface area (Å²) in [4.78, 5) is 12.7. The van der Waals surface area contributed by atoms with Crippen molar-refractivity contribution in [2.75, 3.05) is 6.61 Å². The lowest BCUT2D eigenvalue weighted by Gasteiger charge is -2.37. The SMILES string of the molecule is CCC(C)(C(=O)NC(C)(C)CO)C(N)c1ccc(C)cc1. The molecule has 0 saturated carbocycles. The molecule has 1 amide bonds. The molecule has 0 spiro atoms. The van der Waals surface area contributed by atoms with Gasteiger partial charge < -0.3 is 16.2 Å². The molecule has 118 valence electrons. The topological polar surface area (TPSA) is 75.3 Å². The number of nitrogens with one attached hydrogen (secondary N) is 1. The van der Waals surface area contributed by atoms with Crippen LogP contribution in [0.5, 0.6) is 0 Å². The third kappa shape index (κ3) is 4.05. The van der Waals surface area contributed by atoms with E-state index in [1.165, 1.54) is 0 Å². The van der Waals surface area contributed by atoms with Crippen LogP contribution in [0.15, 0.2) is 24.3 Å². The monoisotopic (exact) mass is 292 g/mol. The summed E-state index contributed by atoms with van der Waals surface area (Å²) in [5.41, 5.74) is 7.11. The van der Waals surface area contributed by atoms with Crippen LogP contribution < -0.4 is 11.1 Å². The molecule has 1 aromatic carbocycles. The molecular weight excluding hydrogens is 264 g/mol. The molecule has 0 radical (unpaired) electrons. The molecule has 4 heteroatoms. The van der Waals surface area contributed by atoms with Crippen molar-refractivity contribution >= 4 is 5.91 Å². The molecule has 4 nitrogen and oxygen atoms in total. The Morgan fingerprint density at radius 3 is 2.24 bits per heavy atom. The van der Waals surface area contributed by atoms with Gasteiger partial charge in [-0.25, -0.2) is 0 Å². The van der Waals surface area contributed by atoms with Gasteiger partial charge in [0.1, 0.15) is 0 Å². The van der Waals surface area contributed by atoms with Crippen LogP contribution in [0.3, 0.4) is 0 Å². The van der Waals surface area contributed by atoms with Crippen molar-refractivity contribution in [3.05, 3.63) is 35.4 Å². The molecule has 1 aromatic rings. The molecule has 0 heterocycles. The van der Waals surface area contributed by atoms with Gasteiger partial charge in [0.25, 0.3) is 0 Å². The Bertz CT molecular complexity index is 482. The zero-order valence-electron chi connectivity index (χ0n) is 13.7. The second kappa shape index (κ2) is 6.58. The number of nitrogens with two attached hydrogens (primary N) is 1. The van der Waals surface area contributed by atoms with Gasteiger partial charge in [0.2, 0.25) is 5.91 Å². The number of hydrogen-bond acceptors (Lipinski definition) is 3. The van der Waals surface area contributed by atoms with Gasteiger partial charge in [-0.15, -0.1) is 0 Å². The molecule has 0 saturated heterocycles. The summed E-state index contributed by atoms with van der Waals surface area (Å²) < 4.78 is 0. The number of carbonyl (C=O) groups is 1. The van der Waals surface area contributed by atoms with Crippen molar-refractivity contribution in [1.29, 1.82) is 0 Å². The van der Waals surface area contributed by atoms with E-state index in [1.807, 2.05) is 45.0 Å². The van der Waals surface area contributed by atoms with Gasteiger partial charge in [0.05, 0.1) is 17.6 Å². The minimum atomic E-state index is -0.721. The first-order valence-corrected chi connectivity index (χ1v) is 7.42. The summed E-state index contributed by atoms with van der Waals surface area (Å²) in [6.07, 6.45) is 0.620. The van der Waals surface area contributed by atoms with Crippen molar-refractivity contribution < 1.29 is 9.90 Å². The Morgan fingerprint density at radius 1 is 1.29 bits per heavy atom. The van der Waals surface area contributed by atoms with Crippen molar-refractivity contribution in [3.8, 4) is 0 Å². The Morgan fingerprint density at radius 2 is 1.81 bits per heavy atom. The Kier molecular flexibility index (Phi) is 5.54. The first-order chi connectivity index (χ1) is 9.66. The van der Waals surface area contributed by atoms with Crippen LogP contribution in [0.4, 0.5) is 0 Å². The Labute approximate surface area is 127 Å². The van der Waals surface area contributed by atoms with Crippen LogP contribution in [0, 0.1) is 12.3 Å². The number of aryl methyl sites for hydroxylation is 1. The van der Waals surface area contributed by atoms with Gasteiger partial charge in [-0.1, -0.05) is 36.8 Å². The van der Waals surface area contributed by atoms with Crippen molar-refractivity contribution in [1.82, 2.24) is 5.32 Å². The molecule has 1 rings (SSSR count). The van der Waals surface area contributed by atoms with E-state index >= 15 is 0 Å². The lowest BCUT2D eigenvalue weighted by molar-refractivity contribution is -0.134. The predicted octanol–water partition coefficient (Wildman–Crippen LogP) is 2.30. The van der Waals surface area contributed by atoms with E-state index in [1.54, 1.807) is 13.8 Å². The quantitative estimate of drug-likeness (QED) is 0.753. The molecule has 0 aliphatic heterocycles. The van der Waals surface area contributed by atoms with E-state index in [0.717, 1.165) is 11.1 Å². The molecule has 0 aromatic heterocycles. The van der Waals surface area contributed by atoms with E-state index in [0.29, 0.717) is 6.42 Å². The molecular formula is C17H28N2O2. The molecule has 0 fully saturated rings. The fourth-order valence-corrected chi connectivity index (χ4v) is 2.15. The zero-order chi connectivity index (χ0) is 16.3. The number of aliphatic hydroxyl groups is 1. The lowest BCUT2D eigenvalue weighted by atomic mass is 9.75. The molecule has 0 bridgehead atoms. The smallest absolute Gasteiger partial charge is 0.228 e. The van der Waals surface area contributed by atoms with Gasteiger partial charge in [-0.3, -0.25) is 4.79 Å². The molecule has 4 N–H and O–H groups in total. The van der Waals surface area contributed by atoms with Crippen molar-refractivity contribution in [2.45, 2.75) is 52.6 Å². The van der Waals surface area contributed by atoms with E-state index < -0.39 is 17.0 Å². The largest absolute Gasteiger partial charge is 0.394 e. The molecule has 2 unspecified atom stereocenters. The molecule has 0 aliphatic rings. The van der Waals surface area contributed by atoms with Gasteiger partial charge in [0, 0.05) is 6.04 Å². The van der Waals surface area contributed by atoms with Crippen LogP contribution in [0.1, 0.15) is 51.3 Å². The maximum atomic E-state index is 12.7. The van der Waals surface area contributed by atoms with Crippen LogP contribution in [-0.2, 0) is 4.79 Å². The van der Waals surface area contributed by atoms with Gasteiger partial charge in [-0.05, 0) is 39.7 Å². The standard InChI is InChI=1S/C17H28N2O2/c1-6-17(5,15(21)19-16(3,4)11-20)14(18)13-9-7-12(2)8-10-13/h7-10,14,20H,6,11,18H2,1-5H3,(H,19,21). The number of amides is 1. The van der Waals surface area contributed by atoms with Crippen molar-refractivity contribution in [3.63, 3.8) is 0 Å². The summed E-state index contributed by atoms with van der Waals surface area (Å²) in [5.74, 6) is -0.128. The van der Waals surface area contributed by atoms with Gasteiger partial charge in [-0.2, -0.15) is 0 Å². The second-order valence-corrected chi connectivity index (χ2v) is 6.66. The number of hydrogen-bond donors (Lipinski definition) is 3. The summed E-state index contributed by atoms with van der Waals surface area (Å²) in [7, 11) is 0. The van der Waals surface area contributed by atoms with E-state index in [4.69, 9.17) is 5.73 Å². The number of benzene rings is 1. The van der Waals surface area contributed by atoms with Crippen LogP contribution >= 0.6 is 0 Å². The lowest BCUT2D eigenvalue weighted by Crippen LogP contribution is -2.54. The fourth-order valence-electron chi connectivity index (χ4n) is 2.15. The average molecular weight is 292 g/mol. The van der Waals surface area contributed by atoms with E-state index in [-0.39, 0.29) is 12.5 Å². The highest BCUT2D eigenvalue weighted by Gasteiger charge is 2.40. The fraction of sp³-hybridized carbons (Fsp3) is 0.588. The Hall–Kier alpha value is -1.39. The van der Waals surface area contributed by atoms with Crippen molar-refractivity contribution in [2.24, 2.45) is 11.1 Å². The van der Waals surface area contributed by atoms with Crippen LogP contribution in [-0.4, -0.2) is 23.2 Å². The van der Waals surface area contributed by atoms with Crippen LogP contribution in [0.25, 0.3) is 0 Å². The number of aliphatic hydroxyl groups excluding tert-OH is 1. The highest BCUT2D eigenvalue weighted by Crippen LogP contribution is 2.35. The third-order valence-corrected chi connectivity index (χ3v) is 4.22. The third-order valence-electron chi connectivity index (χ3n) is 4.22. The maximum Gasteiger partial charge on any atom is 0.228 e. The van der Waals surface area contributed by atoms with E-state index in [9.17, 15) is 9.90 Å². The predicted molar refractivity (Wildman–Crippen MR) is 85.8 cm³/mol. The van der Waals surface area contributed by atoms with Gasteiger partial charge >= 0.3 is 0 Å². The second-order valence-electron chi connectivity index (χ2n) is 6.66. The van der Waals surface area contributed by atoms with E-state index in [2.05, 4.69) is 5.32 Å². The molecule has 0 aliphatic carbocycles. The highest BCUT2D eigenvalue weighted by atomic mass is 16.3. The highest BCUT2D eigenvalue weighted by molar-refractivity contribution is 5.84. The summed E-state index contributed by atoms with van der Waals surface area (Å²) in [6, 6.07) is 7.55. The molecule has 21 heavy (non-hydrogen) atoms. The molecule has 2 atom stereocenters. The minimum Gasteiger partial charge on any atom is -0.394 e. The summed E-state index contributed by atoms with van der Waals surface area (Å²) in [5, 5.41) is 12.2. The zero-order valence-corrected chi connectivity index (χ0v) is 13.7. The first kappa shape index (κ1) is 17.7. The first-order valence-electron chi connectivity index (χ1n) is 7.42.